The topological polar surface area (TPSA) is 74.0 Å². The third-order valence-electron chi connectivity index (χ3n) is 4.20. The fourth-order valence-corrected chi connectivity index (χ4v) is 3.09. The Bertz CT molecular complexity index is 514. The highest BCUT2D eigenvalue weighted by Gasteiger charge is 2.37. The number of carbonyl (C=O) groups excluding carboxylic acids is 2. The first-order valence-corrected chi connectivity index (χ1v) is 7.40. The summed E-state index contributed by atoms with van der Waals surface area (Å²) in [6, 6.07) is 3.61. The number of rotatable bonds is 3. The lowest BCUT2D eigenvalue weighted by molar-refractivity contribution is -0.138. The van der Waals surface area contributed by atoms with E-state index in [-0.39, 0.29) is 24.2 Å². The van der Waals surface area contributed by atoms with Crippen molar-refractivity contribution in [1.29, 1.82) is 0 Å². The monoisotopic (exact) mass is 292 g/mol. The Balaban J connectivity index is 1.59. The summed E-state index contributed by atoms with van der Waals surface area (Å²) >= 11 is 0. The molecule has 1 N–H and O–H groups in total. The number of hydrogen-bond acceptors (Lipinski definition) is 4. The van der Waals surface area contributed by atoms with Crippen LogP contribution in [0.2, 0.25) is 0 Å². The lowest BCUT2D eigenvalue weighted by Crippen LogP contribution is -2.45. The first kappa shape index (κ1) is 14.1. The molecule has 0 aliphatic carbocycles. The van der Waals surface area contributed by atoms with Gasteiger partial charge in [-0.15, -0.1) is 0 Å². The highest BCUT2D eigenvalue weighted by molar-refractivity contribution is 5.89. The predicted octanol–water partition coefficient (Wildman–Crippen LogP) is 0.611. The van der Waals surface area contributed by atoms with Crippen molar-refractivity contribution in [2.24, 2.45) is 5.92 Å². The summed E-state index contributed by atoms with van der Waals surface area (Å²) in [6.07, 6.45) is 2.97. The molecule has 3 heterocycles. The summed E-state index contributed by atoms with van der Waals surface area (Å²) in [6.45, 7) is 1.92. The molecule has 0 bridgehead atoms. The summed E-state index contributed by atoms with van der Waals surface area (Å²) in [5.74, 6) is 0.411. The van der Waals surface area contributed by atoms with E-state index >= 15 is 0 Å². The summed E-state index contributed by atoms with van der Waals surface area (Å²) < 4.78 is 5.25. The maximum absolute atomic E-state index is 12.5. The van der Waals surface area contributed by atoms with Gasteiger partial charge in [0.05, 0.1) is 24.8 Å². The van der Waals surface area contributed by atoms with Gasteiger partial charge in [-0.2, -0.15) is 0 Å². The molecule has 2 aliphatic heterocycles. The van der Waals surface area contributed by atoms with E-state index in [0.29, 0.717) is 26.2 Å². The van der Waals surface area contributed by atoms with Gasteiger partial charge in [0, 0.05) is 26.1 Å². The average molecular weight is 292 g/mol. The molecule has 2 aliphatic rings. The van der Waals surface area contributed by atoms with E-state index in [0.717, 1.165) is 18.6 Å². The van der Waals surface area contributed by atoms with Crippen molar-refractivity contribution in [3.63, 3.8) is 0 Å². The van der Waals surface area contributed by atoms with E-state index in [4.69, 9.17) is 4.42 Å². The van der Waals surface area contributed by atoms with E-state index in [1.807, 2.05) is 6.07 Å². The zero-order valence-electron chi connectivity index (χ0n) is 11.9. The molecule has 21 heavy (non-hydrogen) atoms. The van der Waals surface area contributed by atoms with Crippen molar-refractivity contribution in [2.45, 2.75) is 31.9 Å². The second kappa shape index (κ2) is 5.89. The minimum atomic E-state index is -0.431. The number of β-amino-alcohol motifs (C(OH)–C–C–N with tert-alkyl or cyclic N) is 1. The lowest BCUT2D eigenvalue weighted by atomic mass is 10.0. The second-order valence-corrected chi connectivity index (χ2v) is 5.83. The summed E-state index contributed by atoms with van der Waals surface area (Å²) in [4.78, 5) is 27.8. The van der Waals surface area contributed by atoms with Gasteiger partial charge in [0.1, 0.15) is 5.76 Å². The largest absolute Gasteiger partial charge is 0.467 e. The molecule has 1 aromatic rings. The van der Waals surface area contributed by atoms with Crippen LogP contribution in [0.25, 0.3) is 0 Å². The first-order valence-electron chi connectivity index (χ1n) is 7.40. The van der Waals surface area contributed by atoms with Crippen molar-refractivity contribution < 1.29 is 19.1 Å². The molecule has 2 saturated heterocycles. The third-order valence-corrected chi connectivity index (χ3v) is 4.20. The standard InChI is InChI=1S/C15H20N2O4/c18-12-3-1-5-16(9-12)15(20)11-7-14(19)17(8-11)10-13-4-2-6-21-13/h2,4,6,11-12,18H,1,3,5,7-10H2. The van der Waals surface area contributed by atoms with Crippen LogP contribution in [0.15, 0.2) is 22.8 Å². The minimum absolute atomic E-state index is 0.0101. The molecular weight excluding hydrogens is 272 g/mol. The number of hydrogen-bond donors (Lipinski definition) is 1. The van der Waals surface area contributed by atoms with Crippen LogP contribution < -0.4 is 0 Å². The summed E-state index contributed by atoms with van der Waals surface area (Å²) in [5, 5.41) is 9.66. The maximum atomic E-state index is 12.5. The Hall–Kier alpha value is -1.82. The molecule has 2 unspecified atom stereocenters. The lowest BCUT2D eigenvalue weighted by Gasteiger charge is -2.31. The highest BCUT2D eigenvalue weighted by atomic mass is 16.3. The van der Waals surface area contributed by atoms with Crippen molar-refractivity contribution >= 4 is 11.8 Å². The number of amides is 2. The fraction of sp³-hybridized carbons (Fsp3) is 0.600. The van der Waals surface area contributed by atoms with Crippen molar-refractivity contribution in [1.82, 2.24) is 9.80 Å². The van der Waals surface area contributed by atoms with E-state index in [9.17, 15) is 14.7 Å². The van der Waals surface area contributed by atoms with Crippen LogP contribution in [-0.4, -0.2) is 52.5 Å². The summed E-state index contributed by atoms with van der Waals surface area (Å²) in [5.41, 5.74) is 0. The normalized spacial score (nSPS) is 26.4. The smallest absolute Gasteiger partial charge is 0.228 e. The molecule has 2 fully saturated rings. The molecule has 114 valence electrons. The van der Waals surface area contributed by atoms with E-state index in [1.165, 1.54) is 0 Å². The van der Waals surface area contributed by atoms with Crippen LogP contribution in [0.5, 0.6) is 0 Å². The Morgan fingerprint density at radius 1 is 1.43 bits per heavy atom. The quantitative estimate of drug-likeness (QED) is 0.886. The average Bonchev–Trinajstić information content (AvgIpc) is 3.09. The highest BCUT2D eigenvalue weighted by Crippen LogP contribution is 2.23. The van der Waals surface area contributed by atoms with Gasteiger partial charge in [0.2, 0.25) is 11.8 Å². The number of likely N-dealkylation sites (tertiary alicyclic amines) is 2. The van der Waals surface area contributed by atoms with E-state index in [2.05, 4.69) is 0 Å². The molecule has 2 atom stereocenters. The van der Waals surface area contributed by atoms with Crippen molar-refractivity contribution in [3.05, 3.63) is 24.2 Å². The molecule has 6 nitrogen and oxygen atoms in total. The number of nitrogens with zero attached hydrogens (tertiary/aromatic N) is 2. The minimum Gasteiger partial charge on any atom is -0.467 e. The molecule has 0 saturated carbocycles. The maximum Gasteiger partial charge on any atom is 0.228 e. The van der Waals surface area contributed by atoms with Gasteiger partial charge in [-0.3, -0.25) is 9.59 Å². The van der Waals surface area contributed by atoms with Gasteiger partial charge in [0.15, 0.2) is 0 Å². The second-order valence-electron chi connectivity index (χ2n) is 5.83. The van der Waals surface area contributed by atoms with E-state index < -0.39 is 6.10 Å². The molecular formula is C15H20N2O4. The Morgan fingerprint density at radius 3 is 3.00 bits per heavy atom. The Kier molecular flexibility index (Phi) is 3.96. The third kappa shape index (κ3) is 3.10. The van der Waals surface area contributed by atoms with Gasteiger partial charge < -0.3 is 19.3 Å². The Morgan fingerprint density at radius 2 is 2.29 bits per heavy atom. The van der Waals surface area contributed by atoms with Crippen molar-refractivity contribution in [2.75, 3.05) is 19.6 Å². The van der Waals surface area contributed by atoms with Crippen molar-refractivity contribution in [3.8, 4) is 0 Å². The Labute approximate surface area is 123 Å². The predicted molar refractivity (Wildman–Crippen MR) is 74.1 cm³/mol. The van der Waals surface area contributed by atoms with Crippen LogP contribution in [0.4, 0.5) is 0 Å². The zero-order chi connectivity index (χ0) is 14.8. The van der Waals surface area contributed by atoms with Gasteiger partial charge >= 0.3 is 0 Å². The number of piperidine rings is 1. The molecule has 6 heteroatoms. The van der Waals surface area contributed by atoms with Gasteiger partial charge in [-0.05, 0) is 25.0 Å². The van der Waals surface area contributed by atoms with Gasteiger partial charge in [-0.1, -0.05) is 0 Å². The summed E-state index contributed by atoms with van der Waals surface area (Å²) in [7, 11) is 0. The first-order chi connectivity index (χ1) is 10.1. The van der Waals surface area contributed by atoms with Gasteiger partial charge in [0.25, 0.3) is 0 Å². The number of aliphatic hydroxyl groups is 1. The molecule has 0 spiro atoms. The molecule has 0 radical (unpaired) electrons. The van der Waals surface area contributed by atoms with Gasteiger partial charge in [-0.25, -0.2) is 0 Å². The number of aliphatic hydroxyl groups excluding tert-OH is 1. The van der Waals surface area contributed by atoms with E-state index in [1.54, 1.807) is 22.1 Å². The number of furan rings is 1. The molecule has 3 rings (SSSR count). The molecule has 1 aromatic heterocycles. The molecule has 0 aromatic carbocycles. The molecule has 2 amide bonds. The van der Waals surface area contributed by atoms with Crippen LogP contribution >= 0.6 is 0 Å². The SMILES string of the molecule is O=C1CC(C(=O)N2CCCC(O)C2)CN1Cc1ccco1. The van der Waals surface area contributed by atoms with Crippen LogP contribution in [-0.2, 0) is 16.1 Å². The van der Waals surface area contributed by atoms with Crippen LogP contribution in [0.1, 0.15) is 25.0 Å². The number of carbonyl (C=O) groups is 2. The van der Waals surface area contributed by atoms with Crippen LogP contribution in [0, 0.1) is 5.92 Å². The fourth-order valence-electron chi connectivity index (χ4n) is 3.09. The zero-order valence-corrected chi connectivity index (χ0v) is 11.9. The van der Waals surface area contributed by atoms with Crippen LogP contribution in [0.3, 0.4) is 0 Å².